The van der Waals surface area contributed by atoms with Gasteiger partial charge in [-0.1, -0.05) is 48.5 Å². The lowest BCUT2D eigenvalue weighted by molar-refractivity contribution is -0.131. The lowest BCUT2D eigenvalue weighted by Gasteiger charge is -2.23. The number of nitrogens with zero attached hydrogens (tertiary/aromatic N) is 2. The van der Waals surface area contributed by atoms with Crippen LogP contribution in [0.5, 0.6) is 0 Å². The van der Waals surface area contributed by atoms with Gasteiger partial charge < -0.3 is 16.0 Å². The summed E-state index contributed by atoms with van der Waals surface area (Å²) in [5.74, 6) is -0.300. The van der Waals surface area contributed by atoms with Gasteiger partial charge in [0.25, 0.3) is 5.91 Å². The normalized spacial score (nSPS) is 10.8. The number of nitrogens with two attached hydrogens (primary N) is 1. The third kappa shape index (κ3) is 4.95. The van der Waals surface area contributed by atoms with Crippen LogP contribution in [0.25, 0.3) is 10.9 Å². The van der Waals surface area contributed by atoms with Gasteiger partial charge in [0.1, 0.15) is 0 Å². The van der Waals surface area contributed by atoms with E-state index in [0.717, 1.165) is 22.9 Å². The van der Waals surface area contributed by atoms with Crippen LogP contribution in [0.2, 0.25) is 0 Å². The molecular formula is C21H25N5O2. The second-order valence-electron chi connectivity index (χ2n) is 6.57. The van der Waals surface area contributed by atoms with Crippen LogP contribution in [0, 0.1) is 0 Å². The van der Waals surface area contributed by atoms with Crippen molar-refractivity contribution in [3.63, 3.8) is 0 Å². The predicted octanol–water partition coefficient (Wildman–Crippen LogP) is 2.06. The molecule has 7 heteroatoms. The SMILES string of the molecule is NCCCN(Cc1ccccc1)C(=O)CCNC(=O)c1n[nH]c2ccccc12. The molecular weight excluding hydrogens is 354 g/mol. The number of nitrogens with one attached hydrogen (secondary N) is 2. The Morgan fingerprint density at radius 3 is 2.61 bits per heavy atom. The molecule has 0 unspecified atom stereocenters. The first kappa shape index (κ1) is 19.6. The molecule has 1 heterocycles. The molecule has 0 saturated heterocycles. The third-order valence-corrected chi connectivity index (χ3v) is 4.51. The highest BCUT2D eigenvalue weighted by atomic mass is 16.2. The minimum Gasteiger partial charge on any atom is -0.350 e. The number of amides is 2. The van der Waals surface area contributed by atoms with Gasteiger partial charge in [0.2, 0.25) is 5.91 Å². The zero-order valence-corrected chi connectivity index (χ0v) is 15.7. The molecule has 0 fully saturated rings. The van der Waals surface area contributed by atoms with Gasteiger partial charge in [0.05, 0.1) is 5.52 Å². The van der Waals surface area contributed by atoms with E-state index in [0.29, 0.717) is 25.3 Å². The Labute approximate surface area is 163 Å². The van der Waals surface area contributed by atoms with Crippen molar-refractivity contribution in [2.24, 2.45) is 5.73 Å². The number of hydrogen-bond acceptors (Lipinski definition) is 4. The fourth-order valence-corrected chi connectivity index (χ4v) is 3.04. The van der Waals surface area contributed by atoms with Gasteiger partial charge in [-0.15, -0.1) is 0 Å². The topological polar surface area (TPSA) is 104 Å². The molecule has 0 bridgehead atoms. The van der Waals surface area contributed by atoms with Crippen LogP contribution >= 0.6 is 0 Å². The van der Waals surface area contributed by atoms with E-state index in [4.69, 9.17) is 5.73 Å². The number of rotatable bonds is 9. The molecule has 0 aliphatic rings. The number of hydrogen-bond donors (Lipinski definition) is 3. The maximum Gasteiger partial charge on any atom is 0.272 e. The van der Waals surface area contributed by atoms with Crippen LogP contribution in [-0.2, 0) is 11.3 Å². The zero-order chi connectivity index (χ0) is 19.8. The van der Waals surface area contributed by atoms with Crippen LogP contribution in [0.3, 0.4) is 0 Å². The first-order chi connectivity index (χ1) is 13.7. The summed E-state index contributed by atoms with van der Waals surface area (Å²) in [6, 6.07) is 17.3. The van der Waals surface area contributed by atoms with Crippen molar-refractivity contribution in [1.29, 1.82) is 0 Å². The van der Waals surface area contributed by atoms with Gasteiger partial charge in [-0.2, -0.15) is 5.10 Å². The maximum atomic E-state index is 12.6. The zero-order valence-electron chi connectivity index (χ0n) is 15.7. The lowest BCUT2D eigenvalue weighted by Crippen LogP contribution is -2.35. The summed E-state index contributed by atoms with van der Waals surface area (Å²) in [5, 5.41) is 10.5. The quantitative estimate of drug-likeness (QED) is 0.529. The van der Waals surface area contributed by atoms with Crippen molar-refractivity contribution in [2.75, 3.05) is 19.6 Å². The van der Waals surface area contributed by atoms with Crippen LogP contribution in [-0.4, -0.2) is 46.5 Å². The molecule has 0 saturated carbocycles. The smallest absolute Gasteiger partial charge is 0.272 e. The van der Waals surface area contributed by atoms with Crippen molar-refractivity contribution < 1.29 is 9.59 Å². The molecule has 0 atom stereocenters. The summed E-state index contributed by atoms with van der Waals surface area (Å²) in [5.41, 5.74) is 7.82. The number of para-hydroxylation sites is 1. The number of H-pyrrole nitrogens is 1. The molecule has 0 aliphatic carbocycles. The molecule has 0 radical (unpaired) electrons. The number of carbonyl (C=O) groups is 2. The van der Waals surface area contributed by atoms with Crippen LogP contribution < -0.4 is 11.1 Å². The van der Waals surface area contributed by atoms with Crippen molar-refractivity contribution in [3.05, 3.63) is 65.9 Å². The van der Waals surface area contributed by atoms with Crippen molar-refractivity contribution >= 4 is 22.7 Å². The summed E-state index contributed by atoms with van der Waals surface area (Å²) in [4.78, 5) is 26.8. The van der Waals surface area contributed by atoms with E-state index in [1.54, 1.807) is 4.90 Å². The molecule has 146 valence electrons. The van der Waals surface area contributed by atoms with Gasteiger partial charge in [-0.3, -0.25) is 14.7 Å². The molecule has 2 aromatic carbocycles. The fraction of sp³-hybridized carbons (Fsp3) is 0.286. The Morgan fingerprint density at radius 2 is 1.82 bits per heavy atom. The summed E-state index contributed by atoms with van der Waals surface area (Å²) < 4.78 is 0. The molecule has 7 nitrogen and oxygen atoms in total. The highest BCUT2D eigenvalue weighted by Gasteiger charge is 2.16. The lowest BCUT2D eigenvalue weighted by atomic mass is 10.2. The Morgan fingerprint density at radius 1 is 1.07 bits per heavy atom. The molecule has 28 heavy (non-hydrogen) atoms. The third-order valence-electron chi connectivity index (χ3n) is 4.51. The summed E-state index contributed by atoms with van der Waals surface area (Å²) in [7, 11) is 0. The highest BCUT2D eigenvalue weighted by Crippen LogP contribution is 2.14. The fourth-order valence-electron chi connectivity index (χ4n) is 3.04. The summed E-state index contributed by atoms with van der Waals surface area (Å²) in [6.45, 7) is 1.92. The average molecular weight is 379 g/mol. The number of fused-ring (bicyclic) bond motifs is 1. The Kier molecular flexibility index (Phi) is 6.75. The van der Waals surface area contributed by atoms with E-state index in [9.17, 15) is 9.59 Å². The second-order valence-corrected chi connectivity index (χ2v) is 6.57. The average Bonchev–Trinajstić information content (AvgIpc) is 3.16. The van der Waals surface area contributed by atoms with E-state index in [1.165, 1.54) is 0 Å². The monoisotopic (exact) mass is 379 g/mol. The first-order valence-corrected chi connectivity index (χ1v) is 9.42. The van der Waals surface area contributed by atoms with Crippen LogP contribution in [0.1, 0.15) is 28.9 Å². The number of aromatic nitrogens is 2. The van der Waals surface area contributed by atoms with E-state index in [2.05, 4.69) is 15.5 Å². The van der Waals surface area contributed by atoms with Crippen LogP contribution in [0.15, 0.2) is 54.6 Å². The first-order valence-electron chi connectivity index (χ1n) is 9.42. The number of aromatic amines is 1. The number of benzene rings is 2. The van der Waals surface area contributed by atoms with Crippen molar-refractivity contribution in [3.8, 4) is 0 Å². The maximum absolute atomic E-state index is 12.6. The van der Waals surface area contributed by atoms with Gasteiger partial charge in [0, 0.05) is 31.4 Å². The highest BCUT2D eigenvalue weighted by molar-refractivity contribution is 6.04. The Balaban J connectivity index is 1.55. The molecule has 0 spiro atoms. The van der Waals surface area contributed by atoms with Gasteiger partial charge >= 0.3 is 0 Å². The standard InChI is InChI=1S/C21H25N5O2/c22-12-6-14-26(15-16-7-2-1-3-8-16)19(27)11-13-23-21(28)20-17-9-4-5-10-18(17)24-25-20/h1-5,7-10H,6,11-15,22H2,(H,23,28)(H,24,25). The van der Waals surface area contributed by atoms with E-state index in [1.807, 2.05) is 54.6 Å². The second kappa shape index (κ2) is 9.66. The van der Waals surface area contributed by atoms with Crippen molar-refractivity contribution in [2.45, 2.75) is 19.4 Å². The van der Waals surface area contributed by atoms with E-state index >= 15 is 0 Å². The molecule has 1 aromatic heterocycles. The van der Waals surface area contributed by atoms with Gasteiger partial charge in [-0.05, 0) is 24.6 Å². The molecule has 2 amide bonds. The van der Waals surface area contributed by atoms with E-state index in [-0.39, 0.29) is 24.8 Å². The molecule has 3 aromatic rings. The number of carbonyl (C=O) groups excluding carboxylic acids is 2. The summed E-state index contributed by atoms with van der Waals surface area (Å²) >= 11 is 0. The van der Waals surface area contributed by atoms with Gasteiger partial charge in [0.15, 0.2) is 5.69 Å². The minimum absolute atomic E-state index is 0.00973. The molecule has 3 rings (SSSR count). The van der Waals surface area contributed by atoms with E-state index < -0.39 is 0 Å². The largest absolute Gasteiger partial charge is 0.350 e. The van der Waals surface area contributed by atoms with Crippen LogP contribution in [0.4, 0.5) is 0 Å². The Hall–Kier alpha value is -3.19. The summed E-state index contributed by atoms with van der Waals surface area (Å²) in [6.07, 6.45) is 0.968. The Bertz CT molecular complexity index is 923. The predicted molar refractivity (Wildman–Crippen MR) is 109 cm³/mol. The molecule has 4 N–H and O–H groups in total. The van der Waals surface area contributed by atoms with Gasteiger partial charge in [-0.25, -0.2) is 0 Å². The molecule has 0 aliphatic heterocycles. The van der Waals surface area contributed by atoms with Crippen molar-refractivity contribution in [1.82, 2.24) is 20.4 Å². The minimum atomic E-state index is -0.290.